The van der Waals surface area contributed by atoms with Crippen molar-refractivity contribution in [2.45, 2.75) is 0 Å². The number of hydrogen-bond donors (Lipinski definition) is 1. The second-order valence-electron chi connectivity index (χ2n) is 4.13. The number of nitrogens with zero attached hydrogens (tertiary/aromatic N) is 2. The van der Waals surface area contributed by atoms with Gasteiger partial charge in [0.25, 0.3) is 11.8 Å². The molecule has 0 saturated heterocycles. The first-order valence-corrected chi connectivity index (χ1v) is 5.87. The van der Waals surface area contributed by atoms with Crippen molar-refractivity contribution in [1.82, 2.24) is 9.88 Å². The Balaban J connectivity index is 1.78. The van der Waals surface area contributed by atoms with Gasteiger partial charge >= 0.3 is 0 Å². The molecule has 0 fully saturated rings. The number of nitrogens with one attached hydrogen (secondary N) is 1. The van der Waals surface area contributed by atoms with Gasteiger partial charge < -0.3 is 5.32 Å². The maximum Gasteiger partial charge on any atom is 0.263 e. The first kappa shape index (κ1) is 11.4. The van der Waals surface area contributed by atoms with Crippen LogP contribution < -0.4 is 5.32 Å². The zero-order chi connectivity index (χ0) is 13.2. The topological polar surface area (TPSA) is 62.3 Å². The van der Waals surface area contributed by atoms with Crippen LogP contribution in [0.1, 0.15) is 20.7 Å². The summed E-state index contributed by atoms with van der Waals surface area (Å²) in [4.78, 5) is 29.4. The quantitative estimate of drug-likeness (QED) is 0.846. The van der Waals surface area contributed by atoms with Crippen molar-refractivity contribution in [3.8, 4) is 0 Å². The molecule has 2 amide bonds. The number of pyridine rings is 1. The molecule has 0 unspecified atom stereocenters. The second-order valence-corrected chi connectivity index (χ2v) is 4.13. The van der Waals surface area contributed by atoms with Gasteiger partial charge in [0, 0.05) is 6.20 Å². The summed E-state index contributed by atoms with van der Waals surface area (Å²) >= 11 is 0. The van der Waals surface area contributed by atoms with Crippen LogP contribution >= 0.6 is 0 Å². The van der Waals surface area contributed by atoms with Crippen LogP contribution in [0.3, 0.4) is 0 Å². The summed E-state index contributed by atoms with van der Waals surface area (Å²) in [5, 5.41) is 2.96. The number of hydrogen-bond acceptors (Lipinski definition) is 4. The lowest BCUT2D eigenvalue weighted by atomic mass is 10.1. The largest absolute Gasteiger partial charge is 0.352 e. The molecule has 1 N–H and O–H groups in total. The van der Waals surface area contributed by atoms with E-state index in [1.54, 1.807) is 42.6 Å². The highest BCUT2D eigenvalue weighted by Gasteiger charge is 2.34. The Bertz CT molecular complexity index is 605. The van der Waals surface area contributed by atoms with E-state index in [4.69, 9.17) is 0 Å². The van der Waals surface area contributed by atoms with Gasteiger partial charge in [-0.05, 0) is 24.3 Å². The van der Waals surface area contributed by atoms with Crippen LogP contribution in [0.5, 0.6) is 0 Å². The minimum absolute atomic E-state index is 0.114. The summed E-state index contributed by atoms with van der Waals surface area (Å²) in [7, 11) is 0. The van der Waals surface area contributed by atoms with Gasteiger partial charge in [0.2, 0.25) is 0 Å². The number of benzene rings is 1. The summed E-state index contributed by atoms with van der Waals surface area (Å²) < 4.78 is 0. The molecule has 2 heterocycles. The molecule has 0 aliphatic carbocycles. The van der Waals surface area contributed by atoms with Crippen molar-refractivity contribution in [2.75, 3.05) is 12.0 Å². The molecule has 1 aliphatic heterocycles. The monoisotopic (exact) mass is 253 g/mol. The van der Waals surface area contributed by atoms with E-state index < -0.39 is 0 Å². The predicted molar refractivity (Wildman–Crippen MR) is 69.7 cm³/mol. The van der Waals surface area contributed by atoms with E-state index >= 15 is 0 Å². The van der Waals surface area contributed by atoms with Crippen LogP contribution in [0.4, 0.5) is 5.82 Å². The van der Waals surface area contributed by atoms with Crippen LogP contribution in [0.25, 0.3) is 0 Å². The third-order valence-corrected chi connectivity index (χ3v) is 2.96. The van der Waals surface area contributed by atoms with E-state index in [1.165, 1.54) is 4.90 Å². The van der Waals surface area contributed by atoms with E-state index in [0.717, 1.165) is 0 Å². The van der Waals surface area contributed by atoms with E-state index in [2.05, 4.69) is 10.3 Å². The normalized spacial score (nSPS) is 13.6. The third-order valence-electron chi connectivity index (χ3n) is 2.96. The number of amides is 2. The van der Waals surface area contributed by atoms with Crippen LogP contribution in [0, 0.1) is 0 Å². The number of rotatable bonds is 3. The Labute approximate surface area is 109 Å². The lowest BCUT2D eigenvalue weighted by Gasteiger charge is -2.14. The molecular weight excluding hydrogens is 242 g/mol. The lowest BCUT2D eigenvalue weighted by Crippen LogP contribution is -2.34. The highest BCUT2D eigenvalue weighted by Crippen LogP contribution is 2.21. The van der Waals surface area contributed by atoms with Crippen molar-refractivity contribution >= 4 is 17.6 Å². The molecule has 19 heavy (non-hydrogen) atoms. The van der Waals surface area contributed by atoms with Gasteiger partial charge in [0.15, 0.2) is 0 Å². The summed E-state index contributed by atoms with van der Waals surface area (Å²) in [5.74, 6) is 0.0760. The van der Waals surface area contributed by atoms with Crippen LogP contribution in [0.2, 0.25) is 0 Å². The molecule has 1 aromatic heterocycles. The minimum Gasteiger partial charge on any atom is -0.352 e. The Kier molecular flexibility index (Phi) is 2.72. The number of imide groups is 1. The molecular formula is C14H11N3O2. The number of fused-ring (bicyclic) bond motifs is 1. The van der Waals surface area contributed by atoms with Gasteiger partial charge in [-0.3, -0.25) is 14.5 Å². The minimum atomic E-state index is -0.274. The standard InChI is InChI=1S/C14H11N3O2/c18-13-10-5-1-2-6-11(10)14(19)17(13)9-16-12-7-3-4-8-15-12/h1-8H,9H2,(H,15,16). The fourth-order valence-corrected chi connectivity index (χ4v) is 2.01. The predicted octanol–water partition coefficient (Wildman–Crippen LogP) is 1.75. The first-order chi connectivity index (χ1) is 9.27. The Morgan fingerprint density at radius 3 is 2.16 bits per heavy atom. The highest BCUT2D eigenvalue weighted by molar-refractivity contribution is 6.21. The molecule has 1 aliphatic rings. The van der Waals surface area contributed by atoms with E-state index in [-0.39, 0.29) is 18.5 Å². The maximum atomic E-state index is 12.1. The molecule has 5 nitrogen and oxygen atoms in total. The van der Waals surface area contributed by atoms with Gasteiger partial charge in [0.1, 0.15) is 5.82 Å². The van der Waals surface area contributed by atoms with Crippen LogP contribution in [-0.2, 0) is 0 Å². The highest BCUT2D eigenvalue weighted by atomic mass is 16.2. The molecule has 0 atom stereocenters. The van der Waals surface area contributed by atoms with E-state index in [0.29, 0.717) is 16.9 Å². The number of carbonyl (C=O) groups excluding carboxylic acids is 2. The van der Waals surface area contributed by atoms with Gasteiger partial charge in [0.05, 0.1) is 17.8 Å². The van der Waals surface area contributed by atoms with Gasteiger partial charge in [-0.2, -0.15) is 0 Å². The SMILES string of the molecule is O=C1c2ccccc2C(=O)N1CNc1ccccn1. The van der Waals surface area contributed by atoms with Crippen LogP contribution in [0.15, 0.2) is 48.7 Å². The lowest BCUT2D eigenvalue weighted by molar-refractivity contribution is 0.0665. The Morgan fingerprint density at radius 2 is 1.58 bits per heavy atom. The summed E-state index contributed by atoms with van der Waals surface area (Å²) in [6, 6.07) is 12.2. The molecule has 0 bridgehead atoms. The zero-order valence-corrected chi connectivity index (χ0v) is 10.0. The first-order valence-electron chi connectivity index (χ1n) is 5.87. The Morgan fingerprint density at radius 1 is 0.947 bits per heavy atom. The number of anilines is 1. The van der Waals surface area contributed by atoms with Crippen molar-refractivity contribution < 1.29 is 9.59 Å². The average Bonchev–Trinajstić information content (AvgIpc) is 2.71. The second kappa shape index (κ2) is 4.53. The molecule has 0 spiro atoms. The maximum absolute atomic E-state index is 12.1. The zero-order valence-electron chi connectivity index (χ0n) is 10.0. The summed E-state index contributed by atoms with van der Waals surface area (Å²) in [6.45, 7) is 0.114. The third kappa shape index (κ3) is 1.95. The van der Waals surface area contributed by atoms with E-state index in [9.17, 15) is 9.59 Å². The molecule has 0 saturated carbocycles. The molecule has 1 aromatic carbocycles. The van der Waals surface area contributed by atoms with Gasteiger partial charge in [-0.1, -0.05) is 18.2 Å². The number of carbonyl (C=O) groups is 2. The van der Waals surface area contributed by atoms with Crippen molar-refractivity contribution in [2.24, 2.45) is 0 Å². The fraction of sp³-hybridized carbons (Fsp3) is 0.0714. The summed E-state index contributed by atoms with van der Waals surface area (Å²) in [6.07, 6.45) is 1.64. The Hall–Kier alpha value is -2.69. The smallest absolute Gasteiger partial charge is 0.263 e. The van der Waals surface area contributed by atoms with E-state index in [1.807, 2.05) is 6.07 Å². The molecule has 5 heteroatoms. The van der Waals surface area contributed by atoms with Gasteiger partial charge in [-0.15, -0.1) is 0 Å². The van der Waals surface area contributed by atoms with Gasteiger partial charge in [-0.25, -0.2) is 4.98 Å². The molecule has 3 rings (SSSR count). The summed E-state index contributed by atoms with van der Waals surface area (Å²) in [5.41, 5.74) is 0.908. The van der Waals surface area contributed by atoms with Crippen LogP contribution in [-0.4, -0.2) is 28.4 Å². The molecule has 94 valence electrons. The van der Waals surface area contributed by atoms with Crippen molar-refractivity contribution in [1.29, 1.82) is 0 Å². The van der Waals surface area contributed by atoms with Crippen molar-refractivity contribution in [3.05, 3.63) is 59.8 Å². The molecule has 0 radical (unpaired) electrons. The average molecular weight is 253 g/mol. The fourth-order valence-electron chi connectivity index (χ4n) is 2.01. The molecule has 2 aromatic rings. The van der Waals surface area contributed by atoms with Crippen molar-refractivity contribution in [3.63, 3.8) is 0 Å². The number of aromatic nitrogens is 1.